The number of rotatable bonds is 2. The molecule has 1 saturated carbocycles. The summed E-state index contributed by atoms with van der Waals surface area (Å²) in [5.41, 5.74) is 7.02. The molecule has 2 rings (SSSR count). The van der Waals surface area contributed by atoms with Crippen LogP contribution in [-0.4, -0.2) is 9.55 Å². The fraction of sp³-hybridized carbons (Fsp3) is 0.769. The van der Waals surface area contributed by atoms with Gasteiger partial charge in [-0.1, -0.05) is 26.7 Å². The van der Waals surface area contributed by atoms with Crippen LogP contribution in [0.4, 0.5) is 5.95 Å². The van der Waals surface area contributed by atoms with Gasteiger partial charge >= 0.3 is 0 Å². The van der Waals surface area contributed by atoms with Gasteiger partial charge in [0.15, 0.2) is 0 Å². The van der Waals surface area contributed by atoms with Crippen molar-refractivity contribution in [3.63, 3.8) is 0 Å². The van der Waals surface area contributed by atoms with E-state index in [-0.39, 0.29) is 0 Å². The van der Waals surface area contributed by atoms with Gasteiger partial charge in [-0.05, 0) is 31.6 Å². The van der Waals surface area contributed by atoms with E-state index in [0.29, 0.717) is 12.0 Å². The Labute approximate surface area is 98.1 Å². The second kappa shape index (κ2) is 4.48. The Morgan fingerprint density at radius 1 is 1.38 bits per heavy atom. The Bertz CT molecular complexity index is 354. The van der Waals surface area contributed by atoms with Gasteiger partial charge in [0.05, 0.1) is 5.69 Å². The van der Waals surface area contributed by atoms with Gasteiger partial charge in [0.25, 0.3) is 0 Å². The van der Waals surface area contributed by atoms with E-state index >= 15 is 0 Å². The van der Waals surface area contributed by atoms with Crippen LogP contribution < -0.4 is 5.73 Å². The Hall–Kier alpha value is -0.990. The number of nitrogens with zero attached hydrogens (tertiary/aromatic N) is 2. The fourth-order valence-corrected chi connectivity index (χ4v) is 3.06. The smallest absolute Gasteiger partial charge is 0.200 e. The third-order valence-electron chi connectivity index (χ3n) is 3.88. The highest BCUT2D eigenvalue weighted by Gasteiger charge is 2.29. The number of anilines is 1. The molecule has 3 nitrogen and oxygen atoms in total. The summed E-state index contributed by atoms with van der Waals surface area (Å²) in [4.78, 5) is 4.32. The Kier molecular flexibility index (Phi) is 3.22. The van der Waals surface area contributed by atoms with Crippen LogP contribution in [0.5, 0.6) is 0 Å². The number of hydrogen-bond donors (Lipinski definition) is 1. The molecule has 0 aromatic carbocycles. The molecule has 3 heteroatoms. The molecule has 16 heavy (non-hydrogen) atoms. The maximum absolute atomic E-state index is 5.99. The maximum atomic E-state index is 5.99. The molecule has 1 aromatic heterocycles. The van der Waals surface area contributed by atoms with E-state index in [0.717, 1.165) is 17.5 Å². The number of nitrogens with two attached hydrogens (primary N) is 1. The highest BCUT2D eigenvalue weighted by atomic mass is 15.2. The van der Waals surface area contributed by atoms with Crippen LogP contribution >= 0.6 is 0 Å². The average Bonchev–Trinajstić information content (AvgIpc) is 2.57. The van der Waals surface area contributed by atoms with Crippen molar-refractivity contribution >= 4 is 5.95 Å². The molecule has 0 aliphatic heterocycles. The van der Waals surface area contributed by atoms with Crippen molar-refractivity contribution in [2.75, 3.05) is 5.73 Å². The van der Waals surface area contributed by atoms with Gasteiger partial charge in [-0.3, -0.25) is 0 Å². The molecule has 0 radical (unpaired) electrons. The largest absolute Gasteiger partial charge is 0.369 e. The van der Waals surface area contributed by atoms with Gasteiger partial charge in [0.1, 0.15) is 0 Å². The van der Waals surface area contributed by atoms with Crippen molar-refractivity contribution in [3.8, 4) is 0 Å². The van der Waals surface area contributed by atoms with Crippen LogP contribution in [0.3, 0.4) is 0 Å². The summed E-state index contributed by atoms with van der Waals surface area (Å²) in [7, 11) is 0. The molecule has 0 amide bonds. The summed E-state index contributed by atoms with van der Waals surface area (Å²) in [6.45, 7) is 6.66. The highest BCUT2D eigenvalue weighted by molar-refractivity contribution is 5.22. The minimum absolute atomic E-state index is 0.565. The van der Waals surface area contributed by atoms with E-state index in [1.165, 1.54) is 25.7 Å². The van der Waals surface area contributed by atoms with Crippen LogP contribution in [0.15, 0.2) is 6.20 Å². The number of aromatic nitrogens is 2. The number of hydrogen-bond acceptors (Lipinski definition) is 2. The lowest BCUT2D eigenvalue weighted by molar-refractivity contribution is 0.186. The van der Waals surface area contributed by atoms with E-state index in [1.54, 1.807) is 0 Å². The van der Waals surface area contributed by atoms with Gasteiger partial charge < -0.3 is 10.3 Å². The molecule has 2 N–H and O–H groups in total. The lowest BCUT2D eigenvalue weighted by atomic mass is 9.77. The molecule has 1 aliphatic carbocycles. The third-order valence-corrected chi connectivity index (χ3v) is 3.88. The van der Waals surface area contributed by atoms with Crippen molar-refractivity contribution in [2.45, 2.75) is 52.5 Å². The van der Waals surface area contributed by atoms with Crippen molar-refractivity contribution < 1.29 is 0 Å². The van der Waals surface area contributed by atoms with Gasteiger partial charge in [0.2, 0.25) is 5.95 Å². The van der Waals surface area contributed by atoms with E-state index in [4.69, 9.17) is 5.73 Å². The van der Waals surface area contributed by atoms with Crippen molar-refractivity contribution in [2.24, 2.45) is 11.8 Å². The molecule has 0 bridgehead atoms. The first-order valence-corrected chi connectivity index (χ1v) is 6.40. The fourth-order valence-electron chi connectivity index (χ4n) is 3.06. The molecule has 1 heterocycles. The first kappa shape index (κ1) is 11.5. The van der Waals surface area contributed by atoms with Gasteiger partial charge in [-0.2, -0.15) is 0 Å². The molecule has 90 valence electrons. The lowest BCUT2D eigenvalue weighted by Gasteiger charge is -2.35. The highest BCUT2D eigenvalue weighted by Crippen LogP contribution is 2.39. The Morgan fingerprint density at radius 3 is 2.62 bits per heavy atom. The Morgan fingerprint density at radius 2 is 2.06 bits per heavy atom. The zero-order chi connectivity index (χ0) is 11.7. The average molecular weight is 221 g/mol. The zero-order valence-electron chi connectivity index (χ0n) is 10.6. The first-order valence-electron chi connectivity index (χ1n) is 6.40. The minimum atomic E-state index is 0.565. The SMILES string of the molecule is Cc1cn(C2CCCCC2C(C)C)c(N)n1. The summed E-state index contributed by atoms with van der Waals surface area (Å²) in [5.74, 6) is 2.17. The topological polar surface area (TPSA) is 43.8 Å². The predicted molar refractivity (Wildman–Crippen MR) is 67.2 cm³/mol. The van der Waals surface area contributed by atoms with E-state index in [2.05, 4.69) is 29.6 Å². The summed E-state index contributed by atoms with van der Waals surface area (Å²) in [6.07, 6.45) is 7.39. The predicted octanol–water partition coefficient (Wildman–Crippen LogP) is 3.16. The molecule has 2 atom stereocenters. The van der Waals surface area contributed by atoms with E-state index in [9.17, 15) is 0 Å². The van der Waals surface area contributed by atoms with Gasteiger partial charge in [-0.15, -0.1) is 0 Å². The van der Waals surface area contributed by atoms with Crippen molar-refractivity contribution in [3.05, 3.63) is 11.9 Å². The molecule has 2 unspecified atom stereocenters. The van der Waals surface area contributed by atoms with E-state index in [1.807, 2.05) is 6.92 Å². The first-order chi connectivity index (χ1) is 7.59. The van der Waals surface area contributed by atoms with Crippen LogP contribution in [0.2, 0.25) is 0 Å². The third kappa shape index (κ3) is 2.08. The Balaban J connectivity index is 2.26. The van der Waals surface area contributed by atoms with Crippen LogP contribution in [0.1, 0.15) is 51.3 Å². The van der Waals surface area contributed by atoms with Crippen LogP contribution in [0, 0.1) is 18.8 Å². The number of imidazole rings is 1. The standard InChI is InChI=1S/C13H23N3/c1-9(2)11-6-4-5-7-12(11)16-8-10(3)15-13(16)14/h8-9,11-12H,4-7H2,1-3H3,(H2,14,15). The summed E-state index contributed by atoms with van der Waals surface area (Å²) in [5, 5.41) is 0. The molecule has 1 fully saturated rings. The molecule has 0 spiro atoms. The quantitative estimate of drug-likeness (QED) is 0.833. The molecular weight excluding hydrogens is 198 g/mol. The molecular formula is C13H23N3. The van der Waals surface area contributed by atoms with Crippen LogP contribution in [0.25, 0.3) is 0 Å². The monoisotopic (exact) mass is 221 g/mol. The number of aryl methyl sites for hydroxylation is 1. The molecule has 1 aliphatic rings. The molecule has 1 aromatic rings. The maximum Gasteiger partial charge on any atom is 0.200 e. The summed E-state index contributed by atoms with van der Waals surface area (Å²) >= 11 is 0. The normalized spacial score (nSPS) is 26.2. The molecule has 0 saturated heterocycles. The summed E-state index contributed by atoms with van der Waals surface area (Å²) < 4.78 is 2.21. The van der Waals surface area contributed by atoms with Crippen molar-refractivity contribution in [1.29, 1.82) is 0 Å². The van der Waals surface area contributed by atoms with Gasteiger partial charge in [0, 0.05) is 12.2 Å². The lowest BCUT2D eigenvalue weighted by Crippen LogP contribution is -2.27. The number of nitrogen functional groups attached to an aromatic ring is 1. The second-order valence-corrected chi connectivity index (χ2v) is 5.41. The van der Waals surface area contributed by atoms with Crippen LogP contribution in [-0.2, 0) is 0 Å². The second-order valence-electron chi connectivity index (χ2n) is 5.41. The van der Waals surface area contributed by atoms with Gasteiger partial charge in [-0.25, -0.2) is 4.98 Å². The zero-order valence-corrected chi connectivity index (χ0v) is 10.6. The summed E-state index contributed by atoms with van der Waals surface area (Å²) in [6, 6.07) is 0.565. The van der Waals surface area contributed by atoms with E-state index < -0.39 is 0 Å². The van der Waals surface area contributed by atoms with Crippen molar-refractivity contribution in [1.82, 2.24) is 9.55 Å². The minimum Gasteiger partial charge on any atom is -0.369 e.